The van der Waals surface area contributed by atoms with Crippen molar-refractivity contribution in [1.29, 1.82) is 0 Å². The number of hydrogen-bond donors (Lipinski definition) is 1. The number of rotatable bonds is 9. The molecule has 0 aliphatic heterocycles. The van der Waals surface area contributed by atoms with Crippen molar-refractivity contribution in [2.45, 2.75) is 25.4 Å². The van der Waals surface area contributed by atoms with Gasteiger partial charge in [0.1, 0.15) is 0 Å². The number of hydrogen-bond acceptors (Lipinski definition) is 4. The molecular weight excluding hydrogens is 312 g/mol. The van der Waals surface area contributed by atoms with Crippen LogP contribution in [0.1, 0.15) is 24.1 Å². The molecule has 25 heavy (non-hydrogen) atoms. The molecule has 0 aliphatic carbocycles. The van der Waals surface area contributed by atoms with Crippen LogP contribution in [0.4, 0.5) is 0 Å². The van der Waals surface area contributed by atoms with E-state index in [0.29, 0.717) is 12.1 Å². The van der Waals surface area contributed by atoms with Crippen molar-refractivity contribution in [2.24, 2.45) is 0 Å². The summed E-state index contributed by atoms with van der Waals surface area (Å²) in [5.74, 6) is 1.55. The van der Waals surface area contributed by atoms with Crippen LogP contribution in [-0.4, -0.2) is 45.8 Å². The summed E-state index contributed by atoms with van der Waals surface area (Å²) in [4.78, 5) is 2.26. The van der Waals surface area contributed by atoms with Crippen molar-refractivity contribution in [2.75, 3.05) is 34.9 Å². The Morgan fingerprint density at radius 1 is 0.960 bits per heavy atom. The van der Waals surface area contributed by atoms with Gasteiger partial charge in [-0.1, -0.05) is 36.4 Å². The van der Waals surface area contributed by atoms with E-state index < -0.39 is 0 Å². The summed E-state index contributed by atoms with van der Waals surface area (Å²) in [6.45, 7) is 3.12. The lowest BCUT2D eigenvalue weighted by Gasteiger charge is -2.27. The SMILES string of the molecule is COc1ccc(CC(C)NCC(c2ccccc2)N(C)C)cc1OC. The Morgan fingerprint density at radius 3 is 2.24 bits per heavy atom. The summed E-state index contributed by atoms with van der Waals surface area (Å²) in [5.41, 5.74) is 2.57. The molecule has 0 saturated carbocycles. The van der Waals surface area contributed by atoms with Gasteiger partial charge < -0.3 is 19.7 Å². The van der Waals surface area contributed by atoms with Crippen LogP contribution in [0.3, 0.4) is 0 Å². The molecule has 0 saturated heterocycles. The number of benzene rings is 2. The van der Waals surface area contributed by atoms with Gasteiger partial charge in [-0.2, -0.15) is 0 Å². The van der Waals surface area contributed by atoms with Gasteiger partial charge in [-0.15, -0.1) is 0 Å². The number of methoxy groups -OCH3 is 2. The van der Waals surface area contributed by atoms with Crippen molar-refractivity contribution < 1.29 is 9.47 Å². The third kappa shape index (κ3) is 5.48. The van der Waals surface area contributed by atoms with Gasteiger partial charge in [0.25, 0.3) is 0 Å². The molecule has 0 spiro atoms. The van der Waals surface area contributed by atoms with Gasteiger partial charge in [0.2, 0.25) is 0 Å². The second-order valence-corrected chi connectivity index (χ2v) is 6.59. The van der Waals surface area contributed by atoms with Crippen molar-refractivity contribution in [3.05, 3.63) is 59.7 Å². The lowest BCUT2D eigenvalue weighted by Crippen LogP contribution is -2.36. The maximum absolute atomic E-state index is 5.39. The van der Waals surface area contributed by atoms with Crippen LogP contribution < -0.4 is 14.8 Å². The highest BCUT2D eigenvalue weighted by Crippen LogP contribution is 2.28. The number of nitrogens with zero attached hydrogens (tertiary/aromatic N) is 1. The maximum atomic E-state index is 5.39. The average Bonchev–Trinajstić information content (AvgIpc) is 2.62. The lowest BCUT2D eigenvalue weighted by atomic mass is 10.0. The standard InChI is InChI=1S/C21H30N2O2/c1-16(13-17-11-12-20(24-4)21(14-17)25-5)22-15-19(23(2)3)18-9-7-6-8-10-18/h6-12,14,16,19,22H,13,15H2,1-5H3. The monoisotopic (exact) mass is 342 g/mol. The first-order chi connectivity index (χ1) is 12.0. The summed E-state index contributed by atoms with van der Waals surface area (Å²) >= 11 is 0. The smallest absolute Gasteiger partial charge is 0.160 e. The van der Waals surface area contributed by atoms with Crippen molar-refractivity contribution >= 4 is 0 Å². The minimum Gasteiger partial charge on any atom is -0.493 e. The second-order valence-electron chi connectivity index (χ2n) is 6.59. The molecule has 2 unspecified atom stereocenters. The molecule has 0 amide bonds. The van der Waals surface area contributed by atoms with Crippen LogP contribution in [0, 0.1) is 0 Å². The number of nitrogens with one attached hydrogen (secondary N) is 1. The Labute approximate surface area is 151 Å². The Hall–Kier alpha value is -2.04. The molecule has 0 heterocycles. The normalized spacial score (nSPS) is 13.5. The summed E-state index contributed by atoms with van der Waals surface area (Å²) in [5, 5.41) is 3.66. The topological polar surface area (TPSA) is 33.7 Å². The number of ether oxygens (including phenoxy) is 2. The van der Waals surface area contributed by atoms with Crippen LogP contribution in [0.5, 0.6) is 11.5 Å². The molecule has 2 aromatic rings. The Morgan fingerprint density at radius 2 is 1.64 bits per heavy atom. The minimum atomic E-state index is 0.356. The lowest BCUT2D eigenvalue weighted by molar-refractivity contribution is 0.281. The first-order valence-corrected chi connectivity index (χ1v) is 8.70. The van der Waals surface area contributed by atoms with Crippen LogP contribution in [0.15, 0.2) is 48.5 Å². The van der Waals surface area contributed by atoms with Gasteiger partial charge in [-0.25, -0.2) is 0 Å². The third-order valence-electron chi connectivity index (χ3n) is 4.46. The summed E-state index contributed by atoms with van der Waals surface area (Å²) < 4.78 is 10.7. The second kappa shape index (κ2) is 9.44. The van der Waals surface area contributed by atoms with E-state index in [2.05, 4.69) is 73.7 Å². The van der Waals surface area contributed by atoms with Crippen molar-refractivity contribution in [1.82, 2.24) is 10.2 Å². The van der Waals surface area contributed by atoms with E-state index in [4.69, 9.17) is 9.47 Å². The predicted molar refractivity (Wildman–Crippen MR) is 104 cm³/mol. The minimum absolute atomic E-state index is 0.356. The average molecular weight is 342 g/mol. The molecule has 0 radical (unpaired) electrons. The highest BCUT2D eigenvalue weighted by molar-refractivity contribution is 5.43. The number of likely N-dealkylation sites (N-methyl/N-ethyl adjacent to an activating group) is 1. The van der Waals surface area contributed by atoms with Crippen molar-refractivity contribution in [3.8, 4) is 11.5 Å². The zero-order chi connectivity index (χ0) is 18.2. The van der Waals surface area contributed by atoms with Gasteiger partial charge in [0, 0.05) is 18.6 Å². The Kier molecular flexibility index (Phi) is 7.29. The van der Waals surface area contributed by atoms with Crippen LogP contribution in [0.2, 0.25) is 0 Å². The highest BCUT2D eigenvalue weighted by Gasteiger charge is 2.15. The largest absolute Gasteiger partial charge is 0.493 e. The summed E-state index contributed by atoms with van der Waals surface area (Å²) in [6.07, 6.45) is 0.940. The molecule has 4 nitrogen and oxygen atoms in total. The molecule has 2 aromatic carbocycles. The van der Waals surface area contributed by atoms with E-state index in [9.17, 15) is 0 Å². The molecule has 2 atom stereocenters. The molecule has 0 aromatic heterocycles. The van der Waals surface area contributed by atoms with E-state index in [0.717, 1.165) is 24.5 Å². The summed E-state index contributed by atoms with van der Waals surface area (Å²) in [6, 6.07) is 17.5. The zero-order valence-corrected chi connectivity index (χ0v) is 16.0. The fraction of sp³-hybridized carbons (Fsp3) is 0.429. The van der Waals surface area contributed by atoms with Gasteiger partial charge in [0.05, 0.1) is 14.2 Å². The first-order valence-electron chi connectivity index (χ1n) is 8.70. The van der Waals surface area contributed by atoms with E-state index in [-0.39, 0.29) is 0 Å². The van der Waals surface area contributed by atoms with Crippen LogP contribution >= 0.6 is 0 Å². The van der Waals surface area contributed by atoms with Crippen LogP contribution in [0.25, 0.3) is 0 Å². The fourth-order valence-electron chi connectivity index (χ4n) is 3.02. The zero-order valence-electron chi connectivity index (χ0n) is 16.0. The third-order valence-corrected chi connectivity index (χ3v) is 4.46. The molecule has 0 aliphatic rings. The van der Waals surface area contributed by atoms with E-state index in [1.165, 1.54) is 11.1 Å². The molecule has 1 N–H and O–H groups in total. The van der Waals surface area contributed by atoms with Gasteiger partial charge in [0.15, 0.2) is 11.5 Å². The van der Waals surface area contributed by atoms with Gasteiger partial charge in [-0.05, 0) is 50.7 Å². The summed E-state index contributed by atoms with van der Waals surface area (Å²) in [7, 11) is 7.58. The molecule has 2 rings (SSSR count). The molecular formula is C21H30N2O2. The van der Waals surface area contributed by atoms with Gasteiger partial charge in [-0.3, -0.25) is 0 Å². The Bertz CT molecular complexity index is 644. The highest BCUT2D eigenvalue weighted by atomic mass is 16.5. The predicted octanol–water partition coefficient (Wildman–Crippen LogP) is 3.53. The van der Waals surface area contributed by atoms with Crippen molar-refractivity contribution in [3.63, 3.8) is 0 Å². The molecule has 4 heteroatoms. The van der Waals surface area contributed by atoms with E-state index in [1.54, 1.807) is 14.2 Å². The molecule has 136 valence electrons. The fourth-order valence-corrected chi connectivity index (χ4v) is 3.02. The molecule has 0 fully saturated rings. The van der Waals surface area contributed by atoms with E-state index in [1.807, 2.05) is 6.07 Å². The quantitative estimate of drug-likeness (QED) is 0.756. The van der Waals surface area contributed by atoms with Gasteiger partial charge >= 0.3 is 0 Å². The first kappa shape index (κ1) is 19.3. The Balaban J connectivity index is 1.96. The van der Waals surface area contributed by atoms with Crippen LogP contribution in [-0.2, 0) is 6.42 Å². The van der Waals surface area contributed by atoms with E-state index >= 15 is 0 Å². The maximum Gasteiger partial charge on any atom is 0.160 e. The molecule has 0 bridgehead atoms.